The number of rotatable bonds is 6. The van der Waals surface area contributed by atoms with Gasteiger partial charge < -0.3 is 19.4 Å². The summed E-state index contributed by atoms with van der Waals surface area (Å²) in [6.45, 7) is 0. The largest absolute Gasteiger partial charge is 0.497 e. The molecule has 0 saturated carbocycles. The molecule has 0 bridgehead atoms. The maximum absolute atomic E-state index is 12.7. The normalized spacial score (nSPS) is 11.3. The van der Waals surface area contributed by atoms with E-state index in [0.29, 0.717) is 17.2 Å². The first-order valence-corrected chi connectivity index (χ1v) is 7.85. The SMILES string of the molecule is COc1cc(NC(=O)CSc2nnc(C(F)(F)F)n2C)cc(OC)c1. The van der Waals surface area contributed by atoms with Gasteiger partial charge in [0.1, 0.15) is 11.5 Å². The van der Waals surface area contributed by atoms with Crippen molar-refractivity contribution in [2.75, 3.05) is 25.3 Å². The number of anilines is 1. The lowest BCUT2D eigenvalue weighted by molar-refractivity contribution is -0.147. The molecule has 1 amide bonds. The summed E-state index contributed by atoms with van der Waals surface area (Å²) in [6, 6.07) is 4.83. The number of amides is 1. The second kappa shape index (κ2) is 7.64. The van der Waals surface area contributed by atoms with Crippen LogP contribution in [0.25, 0.3) is 0 Å². The Morgan fingerprint density at radius 1 is 1.20 bits per heavy atom. The van der Waals surface area contributed by atoms with Gasteiger partial charge in [-0.2, -0.15) is 13.2 Å². The highest BCUT2D eigenvalue weighted by Crippen LogP contribution is 2.30. The maximum atomic E-state index is 12.7. The number of nitrogens with zero attached hydrogens (tertiary/aromatic N) is 3. The van der Waals surface area contributed by atoms with Gasteiger partial charge in [0, 0.05) is 30.9 Å². The third kappa shape index (κ3) is 4.78. The van der Waals surface area contributed by atoms with Crippen molar-refractivity contribution in [3.8, 4) is 11.5 Å². The standard InChI is InChI=1S/C14H15F3N4O3S/c1-21-12(14(15,16)17)19-20-13(21)25-7-11(22)18-8-4-9(23-2)6-10(5-8)24-3/h4-6H,7H2,1-3H3,(H,18,22). The summed E-state index contributed by atoms with van der Waals surface area (Å²) in [4.78, 5) is 12.0. The van der Waals surface area contributed by atoms with Crippen molar-refractivity contribution in [2.45, 2.75) is 11.3 Å². The van der Waals surface area contributed by atoms with Crippen LogP contribution in [0.2, 0.25) is 0 Å². The topological polar surface area (TPSA) is 78.3 Å². The molecule has 2 aromatic rings. The number of hydrogen-bond acceptors (Lipinski definition) is 6. The van der Waals surface area contributed by atoms with Gasteiger partial charge in [-0.1, -0.05) is 11.8 Å². The van der Waals surface area contributed by atoms with E-state index >= 15 is 0 Å². The van der Waals surface area contributed by atoms with Gasteiger partial charge in [-0.25, -0.2) is 0 Å². The highest BCUT2D eigenvalue weighted by molar-refractivity contribution is 7.99. The molecule has 7 nitrogen and oxygen atoms in total. The fourth-order valence-corrected chi connectivity index (χ4v) is 2.61. The first-order chi connectivity index (χ1) is 11.7. The zero-order valence-corrected chi connectivity index (χ0v) is 14.4. The van der Waals surface area contributed by atoms with E-state index < -0.39 is 17.9 Å². The third-order valence-electron chi connectivity index (χ3n) is 3.06. The molecule has 11 heteroatoms. The molecule has 0 aliphatic carbocycles. The number of aromatic nitrogens is 3. The Bertz CT molecular complexity index is 742. The summed E-state index contributed by atoms with van der Waals surface area (Å²) in [6.07, 6.45) is -4.60. The van der Waals surface area contributed by atoms with Crippen molar-refractivity contribution in [1.82, 2.24) is 14.8 Å². The molecule has 1 N–H and O–H groups in total. The average molecular weight is 376 g/mol. The van der Waals surface area contributed by atoms with Crippen LogP contribution in [0, 0.1) is 0 Å². The van der Waals surface area contributed by atoms with Crippen LogP contribution in [0.5, 0.6) is 11.5 Å². The molecule has 0 spiro atoms. The van der Waals surface area contributed by atoms with Crippen LogP contribution in [-0.2, 0) is 18.0 Å². The van der Waals surface area contributed by atoms with Crippen molar-refractivity contribution in [3.05, 3.63) is 24.0 Å². The van der Waals surface area contributed by atoms with Gasteiger partial charge in [0.15, 0.2) is 5.16 Å². The van der Waals surface area contributed by atoms with Crippen LogP contribution in [-0.4, -0.2) is 40.6 Å². The molecular weight excluding hydrogens is 361 g/mol. The number of nitrogens with one attached hydrogen (secondary N) is 1. The molecule has 136 valence electrons. The quantitative estimate of drug-likeness (QED) is 0.781. The monoisotopic (exact) mass is 376 g/mol. The van der Waals surface area contributed by atoms with Gasteiger partial charge >= 0.3 is 6.18 Å². The van der Waals surface area contributed by atoms with Crippen LogP contribution in [0.4, 0.5) is 18.9 Å². The molecule has 0 aliphatic rings. The van der Waals surface area contributed by atoms with Crippen LogP contribution in [0.1, 0.15) is 5.82 Å². The van der Waals surface area contributed by atoms with Gasteiger partial charge in [-0.05, 0) is 0 Å². The summed E-state index contributed by atoms with van der Waals surface area (Å²) in [5.74, 6) is -0.691. The Balaban J connectivity index is 2.01. The molecule has 1 aromatic carbocycles. The van der Waals surface area contributed by atoms with Gasteiger partial charge in [0.05, 0.1) is 20.0 Å². The summed E-state index contributed by atoms with van der Waals surface area (Å²) < 4.78 is 49.0. The second-order valence-electron chi connectivity index (χ2n) is 4.80. The summed E-state index contributed by atoms with van der Waals surface area (Å²) in [7, 11) is 4.14. The number of hydrogen-bond donors (Lipinski definition) is 1. The van der Waals surface area contributed by atoms with Crippen molar-refractivity contribution < 1.29 is 27.4 Å². The number of methoxy groups -OCH3 is 2. The number of alkyl halides is 3. The molecule has 2 rings (SSSR count). The number of ether oxygens (including phenoxy) is 2. The number of carbonyl (C=O) groups excluding carboxylic acids is 1. The summed E-state index contributed by atoms with van der Waals surface area (Å²) in [5.41, 5.74) is 0.441. The first kappa shape index (κ1) is 18.9. The maximum Gasteiger partial charge on any atom is 0.451 e. The number of halogens is 3. The van der Waals surface area contributed by atoms with Crippen LogP contribution < -0.4 is 14.8 Å². The van der Waals surface area contributed by atoms with Gasteiger partial charge in [-0.3, -0.25) is 4.79 Å². The third-order valence-corrected chi connectivity index (χ3v) is 4.08. The van der Waals surface area contributed by atoms with E-state index in [1.807, 2.05) is 0 Å². The first-order valence-electron chi connectivity index (χ1n) is 6.87. The van der Waals surface area contributed by atoms with E-state index in [0.717, 1.165) is 16.3 Å². The average Bonchev–Trinajstić information content (AvgIpc) is 2.93. The van der Waals surface area contributed by atoms with Crippen molar-refractivity contribution in [3.63, 3.8) is 0 Å². The molecule has 1 aromatic heterocycles. The zero-order valence-electron chi connectivity index (χ0n) is 13.5. The predicted octanol–water partition coefficient (Wildman–Crippen LogP) is 2.58. The second-order valence-corrected chi connectivity index (χ2v) is 5.74. The molecule has 0 atom stereocenters. The zero-order chi connectivity index (χ0) is 18.6. The van der Waals surface area contributed by atoms with E-state index in [1.54, 1.807) is 18.2 Å². The predicted molar refractivity (Wildman–Crippen MR) is 84.9 cm³/mol. The Morgan fingerprint density at radius 2 is 1.80 bits per heavy atom. The Hall–Kier alpha value is -2.43. The molecule has 25 heavy (non-hydrogen) atoms. The van der Waals surface area contributed by atoms with Gasteiger partial charge in [0.25, 0.3) is 0 Å². The van der Waals surface area contributed by atoms with E-state index in [1.165, 1.54) is 21.3 Å². The fraction of sp³-hybridized carbons (Fsp3) is 0.357. The van der Waals surface area contributed by atoms with Gasteiger partial charge in [-0.15, -0.1) is 10.2 Å². The number of carbonyl (C=O) groups is 1. The van der Waals surface area contributed by atoms with Crippen LogP contribution in [0.3, 0.4) is 0 Å². The Labute approximate surface area is 145 Å². The number of benzene rings is 1. The van der Waals surface area contributed by atoms with E-state index in [2.05, 4.69) is 15.5 Å². The van der Waals surface area contributed by atoms with Gasteiger partial charge in [0.2, 0.25) is 11.7 Å². The minimum absolute atomic E-state index is 0.00861. The lowest BCUT2D eigenvalue weighted by atomic mass is 10.2. The molecule has 0 unspecified atom stereocenters. The Morgan fingerprint density at radius 3 is 2.28 bits per heavy atom. The summed E-state index contributed by atoms with van der Waals surface area (Å²) >= 11 is 0.846. The summed E-state index contributed by atoms with van der Waals surface area (Å²) in [5, 5.41) is 9.16. The smallest absolute Gasteiger partial charge is 0.451 e. The Kier molecular flexibility index (Phi) is 5.77. The van der Waals surface area contributed by atoms with Crippen molar-refractivity contribution in [1.29, 1.82) is 0 Å². The molecule has 0 saturated heterocycles. The highest BCUT2D eigenvalue weighted by Gasteiger charge is 2.37. The van der Waals surface area contributed by atoms with Crippen molar-refractivity contribution >= 4 is 23.4 Å². The molecule has 0 aliphatic heterocycles. The van der Waals surface area contributed by atoms with Crippen LogP contribution >= 0.6 is 11.8 Å². The minimum Gasteiger partial charge on any atom is -0.497 e. The molecular formula is C14H15F3N4O3S. The minimum atomic E-state index is -4.60. The van der Waals surface area contributed by atoms with E-state index in [-0.39, 0.29) is 10.9 Å². The number of thioether (sulfide) groups is 1. The highest BCUT2D eigenvalue weighted by atomic mass is 32.2. The lowest BCUT2D eigenvalue weighted by Crippen LogP contribution is -2.15. The van der Waals surface area contributed by atoms with Crippen LogP contribution in [0.15, 0.2) is 23.4 Å². The molecule has 0 radical (unpaired) electrons. The lowest BCUT2D eigenvalue weighted by Gasteiger charge is -2.10. The molecule has 0 fully saturated rings. The van der Waals surface area contributed by atoms with E-state index in [9.17, 15) is 18.0 Å². The van der Waals surface area contributed by atoms with E-state index in [4.69, 9.17) is 9.47 Å². The van der Waals surface area contributed by atoms with Crippen molar-refractivity contribution in [2.24, 2.45) is 7.05 Å². The molecule has 1 heterocycles. The fourth-order valence-electron chi connectivity index (χ4n) is 1.89.